The van der Waals surface area contributed by atoms with Gasteiger partial charge in [0, 0.05) is 18.9 Å². The van der Waals surface area contributed by atoms with Crippen LogP contribution in [-0.4, -0.2) is 41.4 Å². The van der Waals surface area contributed by atoms with Crippen molar-refractivity contribution < 1.29 is 22.7 Å². The third kappa shape index (κ3) is 7.29. The number of para-hydroxylation sites is 1. The first-order valence-electron chi connectivity index (χ1n) is 12.4. The smallest absolute Gasteiger partial charge is 0.406 e. The summed E-state index contributed by atoms with van der Waals surface area (Å²) in [6.45, 7) is 6.06. The van der Waals surface area contributed by atoms with Gasteiger partial charge in [-0.2, -0.15) is 5.10 Å². The van der Waals surface area contributed by atoms with Crippen LogP contribution < -0.4 is 14.5 Å². The maximum Gasteiger partial charge on any atom is 0.573 e. The number of halogens is 3. The minimum Gasteiger partial charge on any atom is -0.406 e. The normalized spacial score (nSPS) is 15.5. The summed E-state index contributed by atoms with van der Waals surface area (Å²) >= 11 is 1.36. The Bertz CT molecular complexity index is 1440. The average Bonchev–Trinajstić information content (AvgIpc) is 3.28. The second kappa shape index (κ2) is 12.4. The Kier molecular flexibility index (Phi) is 8.93. The highest BCUT2D eigenvalue weighted by atomic mass is 32.2. The van der Waals surface area contributed by atoms with E-state index in [0.29, 0.717) is 22.4 Å². The number of allylic oxidation sites excluding steroid dienone is 1. The molecule has 1 saturated heterocycles. The molecule has 7 nitrogen and oxygen atoms in total. The fraction of sp³-hybridized carbons (Fsp3) is 0.241. The summed E-state index contributed by atoms with van der Waals surface area (Å²) in [4.78, 5) is 20.5. The molecule has 40 heavy (non-hydrogen) atoms. The molecule has 1 amide bonds. The number of pyridine rings is 1. The number of nitrogens with zero attached hydrogens (tertiary/aromatic N) is 5. The molecule has 3 aromatic rings. The van der Waals surface area contributed by atoms with Crippen LogP contribution in [0.5, 0.6) is 5.75 Å². The van der Waals surface area contributed by atoms with E-state index in [4.69, 9.17) is 0 Å². The van der Waals surface area contributed by atoms with Crippen LogP contribution >= 0.6 is 11.8 Å². The second-order valence-corrected chi connectivity index (χ2v) is 10.2. The maximum absolute atomic E-state index is 12.6. The van der Waals surface area contributed by atoms with Gasteiger partial charge in [0.2, 0.25) is 5.91 Å². The number of rotatable bonds is 8. The molecular formula is C29H28F3N5O2S. The minimum atomic E-state index is -4.73. The summed E-state index contributed by atoms with van der Waals surface area (Å²) in [5.74, 6) is 0.868. The molecule has 11 heteroatoms. The van der Waals surface area contributed by atoms with E-state index in [-0.39, 0.29) is 17.6 Å². The molecule has 0 N–H and O–H groups in total. The van der Waals surface area contributed by atoms with Gasteiger partial charge in [-0.25, -0.2) is 4.98 Å². The summed E-state index contributed by atoms with van der Waals surface area (Å²) in [7, 11) is 1.77. The van der Waals surface area contributed by atoms with Crippen molar-refractivity contribution in [3.8, 4) is 5.75 Å². The molecule has 0 aliphatic carbocycles. The van der Waals surface area contributed by atoms with Gasteiger partial charge in [0.05, 0.1) is 17.7 Å². The highest BCUT2D eigenvalue weighted by Crippen LogP contribution is 2.33. The summed E-state index contributed by atoms with van der Waals surface area (Å²) in [6.07, 6.45) is 0.463. The number of carbonyl (C=O) groups excluding carboxylic acids is 1. The fourth-order valence-corrected chi connectivity index (χ4v) is 4.82. The van der Waals surface area contributed by atoms with Gasteiger partial charge >= 0.3 is 6.36 Å². The SMILES string of the molecule is CC(/C=N\N=C1/SCC(=O)N1c1ccccc1C(C)C)=C\c1ccc(N(C)c2ccc(OC(F)(F)F)cc2)nc1. The van der Waals surface area contributed by atoms with E-state index in [1.165, 1.54) is 36.0 Å². The second-order valence-electron chi connectivity index (χ2n) is 9.30. The summed E-state index contributed by atoms with van der Waals surface area (Å²) < 4.78 is 41.1. The van der Waals surface area contributed by atoms with E-state index in [2.05, 4.69) is 33.8 Å². The van der Waals surface area contributed by atoms with Crippen LogP contribution in [0.15, 0.2) is 82.6 Å². The lowest BCUT2D eigenvalue weighted by Crippen LogP contribution is -2.30. The van der Waals surface area contributed by atoms with Gasteiger partial charge < -0.3 is 9.64 Å². The third-order valence-corrected chi connectivity index (χ3v) is 6.85. The van der Waals surface area contributed by atoms with Gasteiger partial charge in [-0.3, -0.25) is 9.69 Å². The molecule has 0 unspecified atom stereocenters. The number of hydrogen-bond acceptors (Lipinski definition) is 7. The van der Waals surface area contributed by atoms with E-state index >= 15 is 0 Å². The van der Waals surface area contributed by atoms with Crippen molar-refractivity contribution in [2.45, 2.75) is 33.1 Å². The van der Waals surface area contributed by atoms with Crippen molar-refractivity contribution in [1.29, 1.82) is 0 Å². The van der Waals surface area contributed by atoms with Crippen LogP contribution in [0.2, 0.25) is 0 Å². The van der Waals surface area contributed by atoms with Crippen molar-refractivity contribution in [3.63, 3.8) is 0 Å². The Labute approximate surface area is 235 Å². The predicted octanol–water partition coefficient (Wildman–Crippen LogP) is 7.40. The molecule has 0 bridgehead atoms. The summed E-state index contributed by atoms with van der Waals surface area (Å²) in [5.41, 5.74) is 4.22. The molecule has 4 rings (SSSR count). The number of thioether (sulfide) groups is 1. The van der Waals surface area contributed by atoms with Crippen LogP contribution in [0.25, 0.3) is 6.08 Å². The number of ether oxygens (including phenoxy) is 1. The van der Waals surface area contributed by atoms with Gasteiger partial charge in [-0.1, -0.05) is 43.8 Å². The molecule has 208 valence electrons. The minimum absolute atomic E-state index is 0.0268. The lowest BCUT2D eigenvalue weighted by Gasteiger charge is -2.20. The van der Waals surface area contributed by atoms with Crippen LogP contribution in [-0.2, 0) is 4.79 Å². The quantitative estimate of drug-likeness (QED) is 0.210. The number of amides is 1. The maximum atomic E-state index is 12.6. The van der Waals surface area contributed by atoms with E-state index < -0.39 is 6.36 Å². The zero-order chi connectivity index (χ0) is 28.9. The standard InChI is InChI=1S/C29H28F3N5O2S/c1-19(2)24-7-5-6-8-25(24)37-27(38)18-40-28(37)35-34-16-20(3)15-21-9-14-26(33-17-21)36(4)22-10-12-23(13-11-22)39-29(30,31)32/h5-17,19H,18H2,1-4H3/b20-15+,34-16-,35-28-. The van der Waals surface area contributed by atoms with Crippen molar-refractivity contribution in [2.24, 2.45) is 10.2 Å². The Morgan fingerprint density at radius 2 is 1.85 bits per heavy atom. The zero-order valence-corrected chi connectivity index (χ0v) is 23.2. The molecule has 1 aliphatic rings. The molecule has 2 heterocycles. The molecular weight excluding hydrogens is 539 g/mol. The molecule has 0 atom stereocenters. The molecule has 1 aliphatic heterocycles. The fourth-order valence-electron chi connectivity index (χ4n) is 4.01. The first-order chi connectivity index (χ1) is 19.0. The Morgan fingerprint density at radius 1 is 1.12 bits per heavy atom. The number of amidine groups is 1. The van der Waals surface area contributed by atoms with Gasteiger partial charge in [-0.15, -0.1) is 18.3 Å². The van der Waals surface area contributed by atoms with E-state index in [1.807, 2.05) is 43.3 Å². The number of anilines is 3. The third-order valence-electron chi connectivity index (χ3n) is 5.94. The van der Waals surface area contributed by atoms with E-state index in [1.54, 1.807) is 35.3 Å². The molecule has 1 aromatic heterocycles. The number of alkyl halides is 3. The molecule has 1 fully saturated rings. The first-order valence-corrected chi connectivity index (χ1v) is 13.4. The van der Waals surface area contributed by atoms with Crippen molar-refractivity contribution >= 4 is 52.3 Å². The number of benzene rings is 2. The van der Waals surface area contributed by atoms with Gasteiger partial charge in [0.1, 0.15) is 11.6 Å². The average molecular weight is 568 g/mol. The monoisotopic (exact) mass is 567 g/mol. The van der Waals surface area contributed by atoms with Crippen LogP contribution in [0, 0.1) is 0 Å². The van der Waals surface area contributed by atoms with Crippen molar-refractivity contribution in [2.75, 3.05) is 22.6 Å². The van der Waals surface area contributed by atoms with E-state index in [0.717, 1.165) is 22.4 Å². The Balaban J connectivity index is 1.43. The van der Waals surface area contributed by atoms with Crippen molar-refractivity contribution in [1.82, 2.24) is 4.98 Å². The topological polar surface area (TPSA) is 70.4 Å². The van der Waals surface area contributed by atoms with Crippen LogP contribution in [0.1, 0.15) is 37.8 Å². The lowest BCUT2D eigenvalue weighted by molar-refractivity contribution is -0.274. The zero-order valence-electron chi connectivity index (χ0n) is 22.4. The van der Waals surface area contributed by atoms with Gasteiger partial charge in [0.25, 0.3) is 0 Å². The Morgan fingerprint density at radius 3 is 2.50 bits per heavy atom. The molecule has 0 saturated carbocycles. The molecule has 0 radical (unpaired) electrons. The van der Waals surface area contributed by atoms with Gasteiger partial charge in [-0.05, 0) is 78.1 Å². The first kappa shape index (κ1) is 28.9. The highest BCUT2D eigenvalue weighted by Gasteiger charge is 2.32. The largest absolute Gasteiger partial charge is 0.573 e. The predicted molar refractivity (Wildman–Crippen MR) is 155 cm³/mol. The Hall–Kier alpha value is -4.12. The summed E-state index contributed by atoms with van der Waals surface area (Å²) in [6, 6.07) is 17.1. The van der Waals surface area contributed by atoms with Gasteiger partial charge in [0.15, 0.2) is 5.17 Å². The lowest BCUT2D eigenvalue weighted by atomic mass is 10.0. The molecule has 0 spiro atoms. The molecule has 2 aromatic carbocycles. The number of carbonyl (C=O) groups is 1. The van der Waals surface area contributed by atoms with Crippen molar-refractivity contribution in [3.05, 3.63) is 83.6 Å². The summed E-state index contributed by atoms with van der Waals surface area (Å²) in [5, 5.41) is 9.09. The number of aromatic nitrogens is 1. The van der Waals surface area contributed by atoms with Crippen LogP contribution in [0.4, 0.5) is 30.4 Å². The number of hydrogen-bond donors (Lipinski definition) is 0. The van der Waals surface area contributed by atoms with E-state index in [9.17, 15) is 18.0 Å². The van der Waals surface area contributed by atoms with Crippen LogP contribution in [0.3, 0.4) is 0 Å². The highest BCUT2D eigenvalue weighted by molar-refractivity contribution is 8.15.